The van der Waals surface area contributed by atoms with Crippen LogP contribution >= 0.6 is 11.6 Å². The van der Waals surface area contributed by atoms with E-state index in [-0.39, 0.29) is 29.0 Å². The van der Waals surface area contributed by atoms with E-state index in [0.29, 0.717) is 13.0 Å². The molecule has 126 valence electrons. The minimum atomic E-state index is -1.46. The molecule has 0 bridgehead atoms. The molecule has 0 aromatic carbocycles. The van der Waals surface area contributed by atoms with Crippen molar-refractivity contribution in [2.24, 2.45) is 5.73 Å². The molecule has 2 amide bonds. The van der Waals surface area contributed by atoms with Crippen LogP contribution in [-0.2, 0) is 5.60 Å². The lowest BCUT2D eigenvalue weighted by Gasteiger charge is -2.22. The van der Waals surface area contributed by atoms with Crippen molar-refractivity contribution in [2.75, 3.05) is 13.1 Å². The predicted molar refractivity (Wildman–Crippen MR) is 79.4 cm³/mol. The van der Waals surface area contributed by atoms with Crippen molar-refractivity contribution in [3.8, 4) is 5.88 Å². The SMILES string of the molecule is CC(C)(O)c1nc(C(N)=O)c(Cl)nc1O[C@@H]1CCN(C(=O)O)C1. The Morgan fingerprint density at radius 3 is 2.57 bits per heavy atom. The minimum absolute atomic E-state index is 0.00414. The molecule has 1 aliphatic heterocycles. The fraction of sp³-hybridized carbons (Fsp3) is 0.538. The molecule has 0 saturated carbocycles. The number of carboxylic acid groups (broad SMARTS) is 1. The summed E-state index contributed by atoms with van der Waals surface area (Å²) in [6.45, 7) is 3.39. The molecule has 1 atom stereocenters. The summed E-state index contributed by atoms with van der Waals surface area (Å²) in [4.78, 5) is 31.4. The van der Waals surface area contributed by atoms with Crippen LogP contribution in [0.2, 0.25) is 5.15 Å². The number of halogens is 1. The summed E-state index contributed by atoms with van der Waals surface area (Å²) in [5.74, 6) is -0.929. The first kappa shape index (κ1) is 17.2. The number of hydrogen-bond acceptors (Lipinski definition) is 6. The lowest BCUT2D eigenvalue weighted by atomic mass is 10.1. The van der Waals surface area contributed by atoms with Gasteiger partial charge in [-0.25, -0.2) is 9.78 Å². The minimum Gasteiger partial charge on any atom is -0.471 e. The third-order valence-electron chi connectivity index (χ3n) is 3.33. The first-order valence-corrected chi connectivity index (χ1v) is 7.22. The highest BCUT2D eigenvalue weighted by Crippen LogP contribution is 2.30. The normalized spacial score (nSPS) is 18.1. The summed E-state index contributed by atoms with van der Waals surface area (Å²) in [5.41, 5.74) is 3.45. The van der Waals surface area contributed by atoms with Crippen molar-refractivity contribution in [3.05, 3.63) is 16.5 Å². The van der Waals surface area contributed by atoms with Gasteiger partial charge in [0, 0.05) is 13.0 Å². The van der Waals surface area contributed by atoms with E-state index >= 15 is 0 Å². The van der Waals surface area contributed by atoms with Crippen molar-refractivity contribution < 1.29 is 24.5 Å². The third kappa shape index (κ3) is 3.80. The number of aromatic nitrogens is 2. The van der Waals surface area contributed by atoms with E-state index in [2.05, 4.69) is 9.97 Å². The van der Waals surface area contributed by atoms with Gasteiger partial charge in [-0.15, -0.1) is 0 Å². The van der Waals surface area contributed by atoms with E-state index in [1.165, 1.54) is 18.7 Å². The standard InChI is InChI=1S/C13H17ClN4O5/c1-13(2,22)8-11(17-9(14)7(16-8)10(15)19)23-6-3-4-18(5-6)12(20)21/h6,22H,3-5H2,1-2H3,(H2,15,19)(H,20,21)/t6-/m1/s1. The van der Waals surface area contributed by atoms with Gasteiger partial charge in [-0.3, -0.25) is 4.79 Å². The monoisotopic (exact) mass is 344 g/mol. The van der Waals surface area contributed by atoms with Crippen LogP contribution in [0.15, 0.2) is 0 Å². The maximum atomic E-state index is 11.3. The highest BCUT2D eigenvalue weighted by atomic mass is 35.5. The fourth-order valence-corrected chi connectivity index (χ4v) is 2.41. The Morgan fingerprint density at radius 2 is 2.09 bits per heavy atom. The molecule has 1 aromatic rings. The quantitative estimate of drug-likeness (QED) is 0.726. The van der Waals surface area contributed by atoms with Crippen LogP contribution in [0.1, 0.15) is 36.5 Å². The number of hydrogen-bond donors (Lipinski definition) is 3. The summed E-state index contributed by atoms with van der Waals surface area (Å²) in [6, 6.07) is 0. The van der Waals surface area contributed by atoms with Crippen molar-refractivity contribution >= 4 is 23.6 Å². The molecule has 1 aliphatic rings. The summed E-state index contributed by atoms with van der Waals surface area (Å²) in [6.07, 6.45) is -1.02. The molecule has 0 spiro atoms. The average molecular weight is 345 g/mol. The fourth-order valence-electron chi connectivity index (χ4n) is 2.19. The van der Waals surface area contributed by atoms with Crippen LogP contribution in [0.25, 0.3) is 0 Å². The number of amides is 2. The van der Waals surface area contributed by atoms with Gasteiger partial charge in [0.05, 0.1) is 6.54 Å². The topological polar surface area (TPSA) is 139 Å². The van der Waals surface area contributed by atoms with Gasteiger partial charge in [-0.2, -0.15) is 4.98 Å². The van der Waals surface area contributed by atoms with E-state index in [1.54, 1.807) is 0 Å². The zero-order valence-electron chi connectivity index (χ0n) is 12.6. The van der Waals surface area contributed by atoms with Gasteiger partial charge in [-0.05, 0) is 13.8 Å². The van der Waals surface area contributed by atoms with Gasteiger partial charge in [0.2, 0.25) is 5.88 Å². The number of aliphatic hydroxyl groups is 1. The highest BCUT2D eigenvalue weighted by molar-refractivity contribution is 6.32. The maximum Gasteiger partial charge on any atom is 0.407 e. The van der Waals surface area contributed by atoms with Gasteiger partial charge in [-0.1, -0.05) is 11.6 Å². The predicted octanol–water partition coefficient (Wildman–Crippen LogP) is 0.587. The summed E-state index contributed by atoms with van der Waals surface area (Å²) in [5, 5.41) is 18.9. The number of carbonyl (C=O) groups excluding carboxylic acids is 1. The van der Waals surface area contributed by atoms with Crippen molar-refractivity contribution in [3.63, 3.8) is 0 Å². The van der Waals surface area contributed by atoms with E-state index in [4.69, 9.17) is 27.2 Å². The van der Waals surface area contributed by atoms with Gasteiger partial charge in [0.1, 0.15) is 17.4 Å². The Labute approximate surface area is 137 Å². The molecule has 9 nitrogen and oxygen atoms in total. The number of carbonyl (C=O) groups is 2. The maximum absolute atomic E-state index is 11.3. The molecule has 0 aliphatic carbocycles. The summed E-state index contributed by atoms with van der Waals surface area (Å²) >= 11 is 5.87. The van der Waals surface area contributed by atoms with Crippen molar-refractivity contribution in [1.29, 1.82) is 0 Å². The largest absolute Gasteiger partial charge is 0.471 e. The van der Waals surface area contributed by atoms with Gasteiger partial charge >= 0.3 is 6.09 Å². The van der Waals surface area contributed by atoms with Gasteiger partial charge in [0.25, 0.3) is 5.91 Å². The molecule has 2 rings (SSSR count). The van der Waals surface area contributed by atoms with E-state index < -0.39 is 23.7 Å². The lowest BCUT2D eigenvalue weighted by Crippen LogP contribution is -2.30. The first-order valence-electron chi connectivity index (χ1n) is 6.84. The number of primary amides is 1. The smallest absolute Gasteiger partial charge is 0.407 e. The van der Waals surface area contributed by atoms with Crippen LogP contribution in [0.4, 0.5) is 4.79 Å². The van der Waals surface area contributed by atoms with E-state index in [0.717, 1.165) is 0 Å². The number of rotatable bonds is 4. The molecular weight excluding hydrogens is 328 g/mol. The van der Waals surface area contributed by atoms with Crippen molar-refractivity contribution in [2.45, 2.75) is 32.0 Å². The zero-order valence-corrected chi connectivity index (χ0v) is 13.4. The Hall–Kier alpha value is -2.13. The van der Waals surface area contributed by atoms with Crippen LogP contribution < -0.4 is 10.5 Å². The van der Waals surface area contributed by atoms with Gasteiger partial charge < -0.3 is 25.6 Å². The summed E-state index contributed by atoms with van der Waals surface area (Å²) in [7, 11) is 0. The molecule has 0 unspecified atom stereocenters. The average Bonchev–Trinajstić information content (AvgIpc) is 2.85. The van der Waals surface area contributed by atoms with Crippen LogP contribution in [0.5, 0.6) is 5.88 Å². The Morgan fingerprint density at radius 1 is 1.43 bits per heavy atom. The van der Waals surface area contributed by atoms with Crippen LogP contribution in [0, 0.1) is 0 Å². The van der Waals surface area contributed by atoms with E-state index in [9.17, 15) is 14.7 Å². The molecule has 1 aromatic heterocycles. The number of nitrogens with zero attached hydrogens (tertiary/aromatic N) is 3. The third-order valence-corrected chi connectivity index (χ3v) is 3.59. The highest BCUT2D eigenvalue weighted by Gasteiger charge is 2.32. The number of ether oxygens (including phenoxy) is 1. The second-order valence-corrected chi connectivity index (χ2v) is 6.06. The molecule has 4 N–H and O–H groups in total. The van der Waals surface area contributed by atoms with Gasteiger partial charge in [0.15, 0.2) is 10.8 Å². The lowest BCUT2D eigenvalue weighted by molar-refractivity contribution is 0.0652. The Kier molecular flexibility index (Phi) is 4.62. The molecular formula is C13H17ClN4O5. The second-order valence-electron chi connectivity index (χ2n) is 5.70. The molecule has 0 radical (unpaired) electrons. The second kappa shape index (κ2) is 6.17. The Bertz CT molecular complexity index is 646. The molecule has 2 heterocycles. The summed E-state index contributed by atoms with van der Waals surface area (Å²) < 4.78 is 5.65. The molecule has 1 saturated heterocycles. The molecule has 1 fully saturated rings. The number of likely N-dealkylation sites (tertiary alicyclic amines) is 1. The molecule has 23 heavy (non-hydrogen) atoms. The molecule has 10 heteroatoms. The van der Waals surface area contributed by atoms with Crippen LogP contribution in [-0.4, -0.2) is 56.3 Å². The van der Waals surface area contributed by atoms with E-state index in [1.807, 2.05) is 0 Å². The zero-order chi connectivity index (χ0) is 17.4. The van der Waals surface area contributed by atoms with Crippen molar-refractivity contribution in [1.82, 2.24) is 14.9 Å². The van der Waals surface area contributed by atoms with Crippen LogP contribution in [0.3, 0.4) is 0 Å². The first-order chi connectivity index (χ1) is 10.6. The Balaban J connectivity index is 2.33. The number of nitrogens with two attached hydrogens (primary N) is 1.